The highest BCUT2D eigenvalue weighted by atomic mass is 16.4. The predicted octanol–water partition coefficient (Wildman–Crippen LogP) is -0.215. The molecule has 0 aromatic heterocycles. The molecule has 0 spiro atoms. The van der Waals surface area contributed by atoms with Crippen LogP contribution in [-0.4, -0.2) is 79.3 Å². The number of nitrogens with zero attached hydrogens (tertiary/aromatic N) is 2. The molecule has 1 heterocycles. The molecular weight excluding hydrogens is 272 g/mol. The average molecular weight is 298 g/mol. The van der Waals surface area contributed by atoms with E-state index in [1.165, 1.54) is 0 Å². The van der Waals surface area contributed by atoms with Gasteiger partial charge in [-0.15, -0.1) is 0 Å². The Hall–Kier alpha value is -1.34. The lowest BCUT2D eigenvalue weighted by Gasteiger charge is -2.37. The smallest absolute Gasteiger partial charge is 0.315 e. The van der Waals surface area contributed by atoms with E-state index in [1.54, 1.807) is 0 Å². The molecule has 3 N–H and O–H groups in total. The van der Waals surface area contributed by atoms with Crippen molar-refractivity contribution in [2.45, 2.75) is 31.3 Å². The summed E-state index contributed by atoms with van der Waals surface area (Å²) in [5.41, 5.74) is 0. The Bertz CT molecular complexity index is 386. The summed E-state index contributed by atoms with van der Waals surface area (Å²) in [6.07, 6.45) is 2.02. The van der Waals surface area contributed by atoms with E-state index in [1.807, 2.05) is 0 Å². The number of carboxylic acids is 1. The fourth-order valence-corrected chi connectivity index (χ4v) is 2.77. The van der Waals surface area contributed by atoms with Crippen molar-refractivity contribution in [1.82, 2.24) is 20.4 Å². The Balaban J connectivity index is 1.74. The summed E-state index contributed by atoms with van der Waals surface area (Å²) >= 11 is 0. The summed E-state index contributed by atoms with van der Waals surface area (Å²) in [4.78, 5) is 27.3. The SMILES string of the molecule is CN1CCN(C)C(CNC(=O)NC(CC(=O)O)C2CC2)C1. The van der Waals surface area contributed by atoms with Crippen molar-refractivity contribution in [2.75, 3.05) is 40.3 Å². The third kappa shape index (κ3) is 5.17. The van der Waals surface area contributed by atoms with Crippen LogP contribution in [0.25, 0.3) is 0 Å². The molecule has 0 bridgehead atoms. The maximum Gasteiger partial charge on any atom is 0.315 e. The van der Waals surface area contributed by atoms with Crippen LogP contribution in [0.1, 0.15) is 19.3 Å². The molecule has 0 aromatic rings. The van der Waals surface area contributed by atoms with Gasteiger partial charge in [0.1, 0.15) is 0 Å². The number of urea groups is 1. The van der Waals surface area contributed by atoms with Crippen molar-refractivity contribution in [3.63, 3.8) is 0 Å². The topological polar surface area (TPSA) is 84.9 Å². The standard InChI is InChI=1S/C14H26N4O3/c1-17-5-6-18(2)11(9-17)8-15-14(21)16-12(7-13(19)20)10-3-4-10/h10-12H,3-9H2,1-2H3,(H,19,20)(H2,15,16,21). The third-order valence-electron chi connectivity index (χ3n) is 4.38. The highest BCUT2D eigenvalue weighted by Gasteiger charge is 2.34. The van der Waals surface area contributed by atoms with E-state index >= 15 is 0 Å². The van der Waals surface area contributed by atoms with Gasteiger partial charge in [-0.3, -0.25) is 9.69 Å². The molecule has 2 atom stereocenters. The number of hydrogen-bond acceptors (Lipinski definition) is 4. The quantitative estimate of drug-likeness (QED) is 0.631. The van der Waals surface area contributed by atoms with Crippen LogP contribution >= 0.6 is 0 Å². The highest BCUT2D eigenvalue weighted by molar-refractivity contribution is 5.75. The van der Waals surface area contributed by atoms with Gasteiger partial charge in [0.25, 0.3) is 0 Å². The first-order valence-corrected chi connectivity index (χ1v) is 7.60. The zero-order chi connectivity index (χ0) is 15.4. The largest absolute Gasteiger partial charge is 0.481 e. The minimum absolute atomic E-state index is 0.00412. The van der Waals surface area contributed by atoms with E-state index in [2.05, 4.69) is 34.5 Å². The van der Waals surface area contributed by atoms with E-state index < -0.39 is 5.97 Å². The van der Waals surface area contributed by atoms with E-state index in [0.717, 1.165) is 32.5 Å². The number of carboxylic acid groups (broad SMARTS) is 1. The van der Waals surface area contributed by atoms with Crippen molar-refractivity contribution in [1.29, 1.82) is 0 Å². The first-order valence-electron chi connectivity index (χ1n) is 7.60. The number of nitrogens with one attached hydrogen (secondary N) is 2. The fourth-order valence-electron chi connectivity index (χ4n) is 2.77. The molecule has 21 heavy (non-hydrogen) atoms. The second-order valence-corrected chi connectivity index (χ2v) is 6.29. The lowest BCUT2D eigenvalue weighted by molar-refractivity contribution is -0.137. The molecule has 7 nitrogen and oxygen atoms in total. The second kappa shape index (κ2) is 7.09. The monoisotopic (exact) mass is 298 g/mol. The zero-order valence-corrected chi connectivity index (χ0v) is 12.8. The highest BCUT2D eigenvalue weighted by Crippen LogP contribution is 2.33. The molecule has 2 amide bonds. The maximum atomic E-state index is 12.0. The predicted molar refractivity (Wildman–Crippen MR) is 79.2 cm³/mol. The number of hydrogen-bond donors (Lipinski definition) is 3. The molecular formula is C14H26N4O3. The minimum atomic E-state index is -0.860. The average Bonchev–Trinajstić information content (AvgIpc) is 3.23. The van der Waals surface area contributed by atoms with Gasteiger partial charge in [0.05, 0.1) is 6.42 Å². The molecule has 1 saturated carbocycles. The fraction of sp³-hybridized carbons (Fsp3) is 0.857. The van der Waals surface area contributed by atoms with Gasteiger partial charge in [0.15, 0.2) is 0 Å². The van der Waals surface area contributed by atoms with Crippen molar-refractivity contribution >= 4 is 12.0 Å². The number of carbonyl (C=O) groups is 2. The number of carbonyl (C=O) groups excluding carboxylic acids is 1. The van der Waals surface area contributed by atoms with Gasteiger partial charge in [-0.05, 0) is 32.9 Å². The molecule has 120 valence electrons. The van der Waals surface area contributed by atoms with Crippen LogP contribution in [0.2, 0.25) is 0 Å². The van der Waals surface area contributed by atoms with E-state index in [0.29, 0.717) is 18.5 Å². The molecule has 0 aromatic carbocycles. The van der Waals surface area contributed by atoms with Crippen molar-refractivity contribution < 1.29 is 14.7 Å². The number of likely N-dealkylation sites (N-methyl/N-ethyl adjacent to an activating group) is 2. The molecule has 2 aliphatic rings. The van der Waals surface area contributed by atoms with Crippen LogP contribution in [0.5, 0.6) is 0 Å². The Labute approximate surface area is 125 Å². The first-order chi connectivity index (χ1) is 9.95. The van der Waals surface area contributed by atoms with Crippen LogP contribution in [0.4, 0.5) is 4.79 Å². The summed E-state index contributed by atoms with van der Waals surface area (Å²) in [5, 5.41) is 14.6. The van der Waals surface area contributed by atoms with E-state index in [4.69, 9.17) is 5.11 Å². The molecule has 1 aliphatic carbocycles. The molecule has 2 fully saturated rings. The summed E-state index contributed by atoms with van der Waals surface area (Å²) < 4.78 is 0. The van der Waals surface area contributed by atoms with Gasteiger partial charge in [-0.25, -0.2) is 4.79 Å². The molecule has 2 rings (SSSR count). The zero-order valence-electron chi connectivity index (χ0n) is 12.8. The lowest BCUT2D eigenvalue weighted by atomic mass is 10.1. The normalized spacial score (nSPS) is 25.3. The Morgan fingerprint density at radius 2 is 2.00 bits per heavy atom. The van der Waals surface area contributed by atoms with Crippen molar-refractivity contribution in [3.05, 3.63) is 0 Å². The van der Waals surface area contributed by atoms with Gasteiger partial charge >= 0.3 is 12.0 Å². The molecule has 2 unspecified atom stereocenters. The van der Waals surface area contributed by atoms with Gasteiger partial charge in [0, 0.05) is 38.3 Å². The Kier molecular flexibility index (Phi) is 5.41. The van der Waals surface area contributed by atoms with Gasteiger partial charge in [0.2, 0.25) is 0 Å². The summed E-state index contributed by atoms with van der Waals surface area (Å²) in [6.45, 7) is 3.55. The van der Waals surface area contributed by atoms with Crippen LogP contribution in [0.15, 0.2) is 0 Å². The summed E-state index contributed by atoms with van der Waals surface area (Å²) in [5.74, 6) is -0.531. The number of piperazine rings is 1. The third-order valence-corrected chi connectivity index (χ3v) is 4.38. The van der Waals surface area contributed by atoms with Crippen LogP contribution in [0.3, 0.4) is 0 Å². The number of rotatable bonds is 6. The Morgan fingerprint density at radius 1 is 1.29 bits per heavy atom. The van der Waals surface area contributed by atoms with Gasteiger partial charge in [-0.2, -0.15) is 0 Å². The Morgan fingerprint density at radius 3 is 2.62 bits per heavy atom. The second-order valence-electron chi connectivity index (χ2n) is 6.29. The lowest BCUT2D eigenvalue weighted by Crippen LogP contribution is -2.55. The van der Waals surface area contributed by atoms with Crippen LogP contribution in [0, 0.1) is 5.92 Å². The van der Waals surface area contributed by atoms with Crippen LogP contribution < -0.4 is 10.6 Å². The van der Waals surface area contributed by atoms with Crippen molar-refractivity contribution in [2.24, 2.45) is 5.92 Å². The van der Waals surface area contributed by atoms with Crippen molar-refractivity contribution in [3.8, 4) is 0 Å². The van der Waals surface area contributed by atoms with Gasteiger partial charge < -0.3 is 20.6 Å². The molecule has 1 aliphatic heterocycles. The minimum Gasteiger partial charge on any atom is -0.481 e. The molecule has 7 heteroatoms. The number of amides is 2. The van der Waals surface area contributed by atoms with Gasteiger partial charge in [-0.1, -0.05) is 0 Å². The summed E-state index contributed by atoms with van der Waals surface area (Å²) in [7, 11) is 4.14. The molecule has 0 radical (unpaired) electrons. The summed E-state index contributed by atoms with van der Waals surface area (Å²) in [6, 6.07) is -0.197. The van der Waals surface area contributed by atoms with E-state index in [-0.39, 0.29) is 18.5 Å². The molecule has 1 saturated heterocycles. The number of aliphatic carboxylic acids is 1. The first kappa shape index (κ1) is 16.0. The maximum absolute atomic E-state index is 12.0. The van der Waals surface area contributed by atoms with Crippen LogP contribution in [-0.2, 0) is 4.79 Å². The van der Waals surface area contributed by atoms with E-state index in [9.17, 15) is 9.59 Å².